The van der Waals surface area contributed by atoms with Crippen LogP contribution in [-0.2, 0) is 4.79 Å². The van der Waals surface area contributed by atoms with E-state index in [2.05, 4.69) is 17.0 Å². The highest BCUT2D eigenvalue weighted by Crippen LogP contribution is 2.34. The molecule has 2 rings (SSSR count). The monoisotopic (exact) mass is 305 g/mol. The van der Waals surface area contributed by atoms with Gasteiger partial charge in [0.25, 0.3) is 0 Å². The summed E-state index contributed by atoms with van der Waals surface area (Å²) in [6.45, 7) is 0. The normalized spacial score (nSPS) is 15.4. The summed E-state index contributed by atoms with van der Waals surface area (Å²) in [5.74, 6) is 2.32. The second-order valence-corrected chi connectivity index (χ2v) is 7.27. The van der Waals surface area contributed by atoms with E-state index in [0.717, 1.165) is 27.0 Å². The number of anilines is 1. The van der Waals surface area contributed by atoms with Gasteiger partial charge in [0.1, 0.15) is 0 Å². The molecule has 0 saturated carbocycles. The number of allylic oxidation sites excluding steroid dienone is 2. The number of rotatable bonds is 4. The van der Waals surface area contributed by atoms with E-state index in [0.29, 0.717) is 0 Å². The fraction of sp³-hybridized carbons (Fsp3) is 0.312. The van der Waals surface area contributed by atoms with Crippen molar-refractivity contribution in [2.45, 2.75) is 6.42 Å². The maximum Gasteiger partial charge on any atom is 0.180 e. The predicted octanol–water partition coefficient (Wildman–Crippen LogP) is 4.05. The first-order chi connectivity index (χ1) is 9.65. The highest BCUT2D eigenvalue weighted by atomic mass is 32.2. The van der Waals surface area contributed by atoms with Crippen molar-refractivity contribution in [3.05, 3.63) is 46.2 Å². The zero-order valence-corrected chi connectivity index (χ0v) is 13.5. The van der Waals surface area contributed by atoms with Crippen LogP contribution in [0, 0.1) is 0 Å². The summed E-state index contributed by atoms with van der Waals surface area (Å²) >= 11 is 3.56. The van der Waals surface area contributed by atoms with Crippen molar-refractivity contribution in [1.29, 1.82) is 0 Å². The first-order valence-corrected chi connectivity index (χ1v) is 8.59. The molecule has 20 heavy (non-hydrogen) atoms. The van der Waals surface area contributed by atoms with E-state index in [1.807, 2.05) is 32.3 Å². The molecule has 1 aromatic rings. The Morgan fingerprint density at radius 1 is 1.15 bits per heavy atom. The molecule has 0 bridgehead atoms. The van der Waals surface area contributed by atoms with Crippen LogP contribution >= 0.6 is 23.5 Å². The summed E-state index contributed by atoms with van der Waals surface area (Å²) < 4.78 is 1.15. The number of hydrogen-bond donors (Lipinski definition) is 0. The number of carbonyl (C=O) groups is 1. The summed E-state index contributed by atoms with van der Waals surface area (Å²) in [5.41, 5.74) is 2.21. The maximum absolute atomic E-state index is 11.9. The van der Waals surface area contributed by atoms with E-state index in [1.165, 1.54) is 6.42 Å². The Kier molecular flexibility index (Phi) is 5.80. The average Bonchev–Trinajstić information content (AvgIpc) is 2.46. The number of ketones is 1. The summed E-state index contributed by atoms with van der Waals surface area (Å²) in [6.07, 6.45) is 6.50. The van der Waals surface area contributed by atoms with Gasteiger partial charge in [-0.2, -0.15) is 0 Å². The molecule has 1 aliphatic heterocycles. The van der Waals surface area contributed by atoms with Gasteiger partial charge < -0.3 is 4.90 Å². The van der Waals surface area contributed by atoms with Gasteiger partial charge in [-0.3, -0.25) is 4.79 Å². The van der Waals surface area contributed by atoms with E-state index in [-0.39, 0.29) is 5.78 Å². The second kappa shape index (κ2) is 7.60. The molecule has 106 valence electrons. The minimum absolute atomic E-state index is 0.0681. The van der Waals surface area contributed by atoms with Crippen LogP contribution in [0.2, 0.25) is 0 Å². The Morgan fingerprint density at radius 2 is 1.80 bits per heavy atom. The van der Waals surface area contributed by atoms with E-state index >= 15 is 0 Å². The number of hydrogen-bond acceptors (Lipinski definition) is 4. The molecule has 4 heteroatoms. The van der Waals surface area contributed by atoms with Crippen molar-refractivity contribution < 1.29 is 4.79 Å². The summed E-state index contributed by atoms with van der Waals surface area (Å²) in [6, 6.07) is 8.15. The van der Waals surface area contributed by atoms with Crippen LogP contribution < -0.4 is 4.90 Å². The predicted molar refractivity (Wildman–Crippen MR) is 92.4 cm³/mol. The van der Waals surface area contributed by atoms with E-state index < -0.39 is 0 Å². The lowest BCUT2D eigenvalue weighted by molar-refractivity contribution is -0.110. The molecule has 0 spiro atoms. The molecule has 1 heterocycles. The fourth-order valence-corrected chi connectivity index (χ4v) is 4.15. The fourth-order valence-electron chi connectivity index (χ4n) is 1.76. The largest absolute Gasteiger partial charge is 0.378 e. The third-order valence-electron chi connectivity index (χ3n) is 2.89. The maximum atomic E-state index is 11.9. The number of thioether (sulfide) groups is 2. The SMILES string of the molecule is CN(C)c1ccc(C=CC(=O)C=C2SCCCS2)cc1. The molecule has 1 aromatic carbocycles. The number of benzene rings is 1. The zero-order valence-electron chi connectivity index (χ0n) is 11.8. The van der Waals surface area contributed by atoms with Crippen molar-refractivity contribution in [3.63, 3.8) is 0 Å². The standard InChI is InChI=1S/C16H19NOS2/c1-17(2)14-7-4-13(5-8-14)6-9-15(18)12-16-19-10-3-11-20-16/h4-9,12H,3,10-11H2,1-2H3. The lowest BCUT2D eigenvalue weighted by atomic mass is 10.1. The smallest absolute Gasteiger partial charge is 0.180 e. The summed E-state index contributed by atoms with van der Waals surface area (Å²) in [5, 5.41) is 0. The van der Waals surface area contributed by atoms with E-state index in [9.17, 15) is 4.79 Å². The molecule has 1 fully saturated rings. The van der Waals surface area contributed by atoms with E-state index in [1.54, 1.807) is 35.7 Å². The first kappa shape index (κ1) is 15.3. The molecule has 0 radical (unpaired) electrons. The summed E-state index contributed by atoms with van der Waals surface area (Å²) in [7, 11) is 4.03. The molecule has 0 N–H and O–H groups in total. The van der Waals surface area contributed by atoms with Gasteiger partial charge in [-0.05, 0) is 41.7 Å². The summed E-state index contributed by atoms with van der Waals surface area (Å²) in [4.78, 5) is 13.9. The van der Waals surface area contributed by atoms with Crippen molar-refractivity contribution in [2.75, 3.05) is 30.5 Å². The topological polar surface area (TPSA) is 20.3 Å². The van der Waals surface area contributed by atoms with Crippen molar-refractivity contribution in [2.24, 2.45) is 0 Å². The Balaban J connectivity index is 1.96. The van der Waals surface area contributed by atoms with Crippen LogP contribution in [0.5, 0.6) is 0 Å². The van der Waals surface area contributed by atoms with Crippen LogP contribution in [0.4, 0.5) is 5.69 Å². The van der Waals surface area contributed by atoms with Gasteiger partial charge in [0, 0.05) is 30.1 Å². The van der Waals surface area contributed by atoms with Gasteiger partial charge in [0.2, 0.25) is 0 Å². The molecule has 0 aromatic heterocycles. The Morgan fingerprint density at radius 3 is 2.40 bits per heavy atom. The molecule has 0 amide bonds. The van der Waals surface area contributed by atoms with Gasteiger partial charge in [-0.25, -0.2) is 0 Å². The zero-order chi connectivity index (χ0) is 14.4. The second-order valence-electron chi connectivity index (χ2n) is 4.74. The van der Waals surface area contributed by atoms with Gasteiger partial charge in [0.05, 0.1) is 0 Å². The van der Waals surface area contributed by atoms with Crippen LogP contribution in [0.1, 0.15) is 12.0 Å². The minimum Gasteiger partial charge on any atom is -0.378 e. The average molecular weight is 305 g/mol. The van der Waals surface area contributed by atoms with Crippen LogP contribution in [0.3, 0.4) is 0 Å². The van der Waals surface area contributed by atoms with Crippen LogP contribution in [0.15, 0.2) is 40.7 Å². The molecule has 1 aliphatic rings. The Labute approximate surface area is 129 Å². The third kappa shape index (κ3) is 4.76. The third-order valence-corrected chi connectivity index (χ3v) is 5.38. The number of nitrogens with zero attached hydrogens (tertiary/aromatic N) is 1. The van der Waals surface area contributed by atoms with Gasteiger partial charge in [-0.1, -0.05) is 18.2 Å². The molecule has 1 saturated heterocycles. The van der Waals surface area contributed by atoms with Crippen LogP contribution in [0.25, 0.3) is 6.08 Å². The lowest BCUT2D eigenvalue weighted by Gasteiger charge is -2.11. The molecular weight excluding hydrogens is 286 g/mol. The first-order valence-electron chi connectivity index (χ1n) is 6.62. The van der Waals surface area contributed by atoms with Crippen molar-refractivity contribution >= 4 is 41.1 Å². The minimum atomic E-state index is 0.0681. The Bertz CT molecular complexity index is 510. The Hall–Kier alpha value is -1.13. The van der Waals surface area contributed by atoms with Crippen LogP contribution in [-0.4, -0.2) is 31.4 Å². The molecule has 0 atom stereocenters. The van der Waals surface area contributed by atoms with E-state index in [4.69, 9.17) is 0 Å². The van der Waals surface area contributed by atoms with Crippen molar-refractivity contribution in [1.82, 2.24) is 0 Å². The molecule has 0 aliphatic carbocycles. The highest BCUT2D eigenvalue weighted by molar-refractivity contribution is 8.22. The quantitative estimate of drug-likeness (QED) is 0.782. The van der Waals surface area contributed by atoms with Gasteiger partial charge >= 0.3 is 0 Å². The molecule has 0 unspecified atom stereocenters. The van der Waals surface area contributed by atoms with Gasteiger partial charge in [0.15, 0.2) is 5.78 Å². The molecular formula is C16H19NOS2. The van der Waals surface area contributed by atoms with Gasteiger partial charge in [-0.15, -0.1) is 23.5 Å². The lowest BCUT2D eigenvalue weighted by Crippen LogP contribution is -2.07. The highest BCUT2D eigenvalue weighted by Gasteiger charge is 2.07. The number of carbonyl (C=O) groups excluding carboxylic acids is 1. The molecule has 2 nitrogen and oxygen atoms in total. The van der Waals surface area contributed by atoms with Crippen molar-refractivity contribution in [3.8, 4) is 0 Å².